The van der Waals surface area contributed by atoms with Crippen LogP contribution in [-0.4, -0.2) is 12.9 Å². The molecule has 0 fully saturated rings. The molecule has 0 saturated heterocycles. The minimum atomic E-state index is 0.00547. The SMILES string of the molecule is CCC(=O)C(c1ccc(OC)cc1C)C(C)C. The molecule has 0 aliphatic rings. The second-order valence-corrected chi connectivity index (χ2v) is 4.76. The number of hydrogen-bond donors (Lipinski definition) is 0. The fourth-order valence-corrected chi connectivity index (χ4v) is 2.25. The van der Waals surface area contributed by atoms with E-state index in [0.717, 1.165) is 16.9 Å². The van der Waals surface area contributed by atoms with E-state index in [0.29, 0.717) is 18.1 Å². The number of Topliss-reactive ketones (excluding diaryl/α,β-unsaturated/α-hetero) is 1. The Kier molecular flexibility index (Phi) is 4.73. The monoisotopic (exact) mass is 234 g/mol. The van der Waals surface area contributed by atoms with Crippen molar-refractivity contribution in [2.75, 3.05) is 7.11 Å². The van der Waals surface area contributed by atoms with Gasteiger partial charge in [-0.25, -0.2) is 0 Å². The molecule has 2 heteroatoms. The summed E-state index contributed by atoms with van der Waals surface area (Å²) in [6.07, 6.45) is 0.592. The first-order valence-electron chi connectivity index (χ1n) is 6.18. The number of carbonyl (C=O) groups excluding carboxylic acids is 1. The molecule has 0 bridgehead atoms. The standard InChI is InChI=1S/C15H22O2/c1-6-14(16)15(10(2)3)13-8-7-12(17-5)9-11(13)4/h7-10,15H,6H2,1-5H3. The second-order valence-electron chi connectivity index (χ2n) is 4.76. The molecule has 0 spiro atoms. The summed E-state index contributed by atoms with van der Waals surface area (Å²) in [6.45, 7) is 8.16. The van der Waals surface area contributed by atoms with Gasteiger partial charge in [-0.15, -0.1) is 0 Å². The van der Waals surface area contributed by atoms with Gasteiger partial charge < -0.3 is 4.74 Å². The lowest BCUT2D eigenvalue weighted by Gasteiger charge is -2.21. The highest BCUT2D eigenvalue weighted by atomic mass is 16.5. The van der Waals surface area contributed by atoms with Crippen LogP contribution < -0.4 is 4.74 Å². The molecule has 1 rings (SSSR count). The van der Waals surface area contributed by atoms with Crippen LogP contribution >= 0.6 is 0 Å². The summed E-state index contributed by atoms with van der Waals surface area (Å²) in [4.78, 5) is 12.0. The van der Waals surface area contributed by atoms with E-state index >= 15 is 0 Å². The second kappa shape index (κ2) is 5.85. The summed E-state index contributed by atoms with van der Waals surface area (Å²) in [5, 5.41) is 0. The van der Waals surface area contributed by atoms with Crippen LogP contribution in [0.1, 0.15) is 44.2 Å². The highest BCUT2D eigenvalue weighted by Gasteiger charge is 2.24. The van der Waals surface area contributed by atoms with Gasteiger partial charge in [0.25, 0.3) is 0 Å². The Hall–Kier alpha value is -1.31. The summed E-state index contributed by atoms with van der Waals surface area (Å²) in [6, 6.07) is 5.95. The fraction of sp³-hybridized carbons (Fsp3) is 0.533. The number of hydrogen-bond acceptors (Lipinski definition) is 2. The average Bonchev–Trinajstić information content (AvgIpc) is 2.30. The van der Waals surface area contributed by atoms with Crippen molar-refractivity contribution in [2.45, 2.75) is 40.0 Å². The van der Waals surface area contributed by atoms with Gasteiger partial charge in [-0.1, -0.05) is 26.8 Å². The first-order chi connectivity index (χ1) is 8.01. The summed E-state index contributed by atoms with van der Waals surface area (Å²) in [7, 11) is 1.66. The molecule has 94 valence electrons. The van der Waals surface area contributed by atoms with E-state index in [-0.39, 0.29) is 5.92 Å². The van der Waals surface area contributed by atoms with Gasteiger partial charge in [0.05, 0.1) is 7.11 Å². The lowest BCUT2D eigenvalue weighted by Crippen LogP contribution is -2.18. The first-order valence-corrected chi connectivity index (χ1v) is 6.18. The molecule has 0 N–H and O–H groups in total. The minimum absolute atomic E-state index is 0.00547. The summed E-state index contributed by atoms with van der Waals surface area (Å²) >= 11 is 0. The molecule has 1 aromatic rings. The molecule has 1 unspecified atom stereocenters. The van der Waals surface area contributed by atoms with Crippen LogP contribution in [0.25, 0.3) is 0 Å². The Bertz CT molecular complexity index is 394. The zero-order valence-electron chi connectivity index (χ0n) is 11.4. The maximum Gasteiger partial charge on any atom is 0.140 e. The zero-order chi connectivity index (χ0) is 13.0. The van der Waals surface area contributed by atoms with Crippen molar-refractivity contribution in [3.63, 3.8) is 0 Å². The van der Waals surface area contributed by atoms with Crippen molar-refractivity contribution < 1.29 is 9.53 Å². The highest BCUT2D eigenvalue weighted by Crippen LogP contribution is 2.30. The van der Waals surface area contributed by atoms with Gasteiger partial charge in [0.1, 0.15) is 11.5 Å². The van der Waals surface area contributed by atoms with Gasteiger partial charge in [0.2, 0.25) is 0 Å². The van der Waals surface area contributed by atoms with Crippen molar-refractivity contribution in [3.05, 3.63) is 29.3 Å². The van der Waals surface area contributed by atoms with Crippen molar-refractivity contribution in [2.24, 2.45) is 5.92 Å². The number of rotatable bonds is 5. The number of ether oxygens (including phenoxy) is 1. The van der Waals surface area contributed by atoms with Gasteiger partial charge in [-0.3, -0.25) is 4.79 Å². The Morgan fingerprint density at radius 3 is 2.41 bits per heavy atom. The topological polar surface area (TPSA) is 26.3 Å². The predicted octanol–water partition coefficient (Wildman–Crippen LogP) is 3.72. The van der Waals surface area contributed by atoms with E-state index in [4.69, 9.17) is 4.74 Å². The lowest BCUT2D eigenvalue weighted by atomic mass is 9.82. The van der Waals surface area contributed by atoms with Crippen LogP contribution in [-0.2, 0) is 4.79 Å². The first kappa shape index (κ1) is 13.8. The van der Waals surface area contributed by atoms with Gasteiger partial charge in [-0.05, 0) is 36.1 Å². The number of ketones is 1. The molecule has 0 aliphatic carbocycles. The molecule has 0 radical (unpaired) electrons. The van der Waals surface area contributed by atoms with E-state index in [1.165, 1.54) is 0 Å². The number of carbonyl (C=O) groups is 1. The molecule has 17 heavy (non-hydrogen) atoms. The van der Waals surface area contributed by atoms with Crippen LogP contribution in [0, 0.1) is 12.8 Å². The van der Waals surface area contributed by atoms with Gasteiger partial charge in [0, 0.05) is 12.3 Å². The fourth-order valence-electron chi connectivity index (χ4n) is 2.25. The van der Waals surface area contributed by atoms with Crippen molar-refractivity contribution in [1.29, 1.82) is 0 Å². The van der Waals surface area contributed by atoms with E-state index in [1.807, 2.05) is 32.0 Å². The van der Waals surface area contributed by atoms with Crippen LogP contribution in [0.3, 0.4) is 0 Å². The zero-order valence-corrected chi connectivity index (χ0v) is 11.4. The average molecular weight is 234 g/mol. The minimum Gasteiger partial charge on any atom is -0.497 e. The smallest absolute Gasteiger partial charge is 0.140 e. The van der Waals surface area contributed by atoms with Crippen molar-refractivity contribution in [3.8, 4) is 5.75 Å². The van der Waals surface area contributed by atoms with Crippen LogP contribution in [0.2, 0.25) is 0 Å². The highest BCUT2D eigenvalue weighted by molar-refractivity contribution is 5.86. The Labute approximate surface area is 104 Å². The predicted molar refractivity (Wildman–Crippen MR) is 70.6 cm³/mol. The maximum absolute atomic E-state index is 12.0. The molecule has 1 atom stereocenters. The molecule has 0 saturated carbocycles. The van der Waals surface area contributed by atoms with E-state index in [2.05, 4.69) is 13.8 Å². The third-order valence-corrected chi connectivity index (χ3v) is 3.17. The largest absolute Gasteiger partial charge is 0.497 e. The molecule has 1 aromatic carbocycles. The molecule has 0 heterocycles. The summed E-state index contributed by atoms with van der Waals surface area (Å²) in [5.41, 5.74) is 2.26. The number of methoxy groups -OCH3 is 1. The molecule has 0 amide bonds. The normalized spacial score (nSPS) is 12.6. The van der Waals surface area contributed by atoms with Gasteiger partial charge >= 0.3 is 0 Å². The van der Waals surface area contributed by atoms with Gasteiger partial charge in [0.15, 0.2) is 0 Å². The Balaban J connectivity index is 3.15. The van der Waals surface area contributed by atoms with E-state index in [1.54, 1.807) is 7.11 Å². The maximum atomic E-state index is 12.0. The van der Waals surface area contributed by atoms with Crippen LogP contribution in [0.4, 0.5) is 0 Å². The molecule has 0 aliphatic heterocycles. The quantitative estimate of drug-likeness (QED) is 0.776. The van der Waals surface area contributed by atoms with E-state index in [9.17, 15) is 4.79 Å². The summed E-state index contributed by atoms with van der Waals surface area (Å²) < 4.78 is 5.19. The summed E-state index contributed by atoms with van der Waals surface area (Å²) in [5.74, 6) is 1.49. The Morgan fingerprint density at radius 2 is 2.00 bits per heavy atom. The van der Waals surface area contributed by atoms with Crippen molar-refractivity contribution in [1.82, 2.24) is 0 Å². The lowest BCUT2D eigenvalue weighted by molar-refractivity contribution is -0.121. The van der Waals surface area contributed by atoms with Crippen molar-refractivity contribution >= 4 is 5.78 Å². The molecular weight excluding hydrogens is 212 g/mol. The number of aryl methyl sites for hydroxylation is 1. The van der Waals surface area contributed by atoms with Crippen LogP contribution in [0.15, 0.2) is 18.2 Å². The Morgan fingerprint density at radius 1 is 1.35 bits per heavy atom. The third-order valence-electron chi connectivity index (χ3n) is 3.17. The van der Waals surface area contributed by atoms with E-state index < -0.39 is 0 Å². The number of benzene rings is 1. The van der Waals surface area contributed by atoms with Gasteiger partial charge in [-0.2, -0.15) is 0 Å². The molecule has 2 nitrogen and oxygen atoms in total. The molecule has 0 aromatic heterocycles. The van der Waals surface area contributed by atoms with Crippen LogP contribution in [0.5, 0.6) is 5.75 Å². The third kappa shape index (κ3) is 3.09. The molecular formula is C15H22O2.